The van der Waals surface area contributed by atoms with E-state index >= 15 is 0 Å². The van der Waals surface area contributed by atoms with Gasteiger partial charge in [-0.05, 0) is 43.3 Å². The van der Waals surface area contributed by atoms with Gasteiger partial charge in [-0.3, -0.25) is 9.59 Å². The van der Waals surface area contributed by atoms with Crippen molar-refractivity contribution in [2.24, 2.45) is 0 Å². The van der Waals surface area contributed by atoms with E-state index in [4.69, 9.17) is 11.6 Å². The fraction of sp³-hybridized carbons (Fsp3) is 0.222. The predicted octanol–water partition coefficient (Wildman–Crippen LogP) is 3.18. The molecule has 1 saturated heterocycles. The number of hydrogen-bond donors (Lipinski definition) is 1. The smallest absolute Gasteiger partial charge is 0.251 e. The minimum Gasteiger partial charge on any atom is -0.347 e. The fourth-order valence-corrected chi connectivity index (χ4v) is 2.77. The molecule has 4 nitrogen and oxygen atoms in total. The van der Waals surface area contributed by atoms with Crippen LogP contribution in [0.5, 0.6) is 0 Å². The number of benzene rings is 2. The number of rotatable bonds is 3. The zero-order valence-electron chi connectivity index (χ0n) is 12.8. The predicted molar refractivity (Wildman–Crippen MR) is 90.9 cm³/mol. The maximum absolute atomic E-state index is 12.2. The van der Waals surface area contributed by atoms with Crippen molar-refractivity contribution in [3.63, 3.8) is 0 Å². The van der Waals surface area contributed by atoms with Crippen molar-refractivity contribution in [1.29, 1.82) is 0 Å². The number of hydrogen-bond acceptors (Lipinski definition) is 2. The van der Waals surface area contributed by atoms with Gasteiger partial charge in [-0.2, -0.15) is 0 Å². The fourth-order valence-electron chi connectivity index (χ4n) is 2.65. The maximum atomic E-state index is 12.2. The number of amides is 2. The molecule has 23 heavy (non-hydrogen) atoms. The lowest BCUT2D eigenvalue weighted by Gasteiger charge is -2.17. The summed E-state index contributed by atoms with van der Waals surface area (Å²) in [6, 6.07) is 14.3. The molecule has 0 aliphatic carbocycles. The first-order valence-electron chi connectivity index (χ1n) is 7.46. The highest BCUT2D eigenvalue weighted by atomic mass is 35.5. The van der Waals surface area contributed by atoms with Crippen molar-refractivity contribution >= 4 is 29.1 Å². The van der Waals surface area contributed by atoms with Crippen LogP contribution in [0.1, 0.15) is 22.3 Å². The third-order valence-electron chi connectivity index (χ3n) is 3.91. The van der Waals surface area contributed by atoms with Gasteiger partial charge in [0, 0.05) is 29.2 Å². The van der Waals surface area contributed by atoms with Gasteiger partial charge in [-0.1, -0.05) is 29.3 Å². The first kappa shape index (κ1) is 15.6. The number of aryl methyl sites for hydroxylation is 1. The van der Waals surface area contributed by atoms with Crippen LogP contribution >= 0.6 is 11.6 Å². The van der Waals surface area contributed by atoms with Crippen molar-refractivity contribution < 1.29 is 9.59 Å². The van der Waals surface area contributed by atoms with Gasteiger partial charge in [-0.15, -0.1) is 0 Å². The Morgan fingerprint density at radius 3 is 2.43 bits per heavy atom. The molecule has 2 aromatic rings. The third-order valence-corrected chi connectivity index (χ3v) is 4.16. The molecule has 0 spiro atoms. The van der Waals surface area contributed by atoms with E-state index in [-0.39, 0.29) is 17.9 Å². The normalized spacial score (nSPS) is 17.4. The molecule has 1 heterocycles. The molecule has 118 valence electrons. The van der Waals surface area contributed by atoms with Crippen LogP contribution in [-0.4, -0.2) is 24.4 Å². The molecule has 0 unspecified atom stereocenters. The third kappa shape index (κ3) is 3.54. The second kappa shape index (κ2) is 6.42. The summed E-state index contributed by atoms with van der Waals surface area (Å²) in [4.78, 5) is 26.1. The SMILES string of the molecule is Cc1ccc(C(=O)N[C@H]2CC(=O)N(c3ccc(Cl)cc3)C2)cc1. The molecule has 2 aromatic carbocycles. The van der Waals surface area contributed by atoms with Gasteiger partial charge < -0.3 is 10.2 Å². The molecular formula is C18H17ClN2O2. The number of halogens is 1. The molecular weight excluding hydrogens is 312 g/mol. The molecule has 1 aliphatic heterocycles. The molecule has 0 bridgehead atoms. The number of nitrogens with zero attached hydrogens (tertiary/aromatic N) is 1. The van der Waals surface area contributed by atoms with E-state index in [9.17, 15) is 9.59 Å². The van der Waals surface area contributed by atoms with Crippen molar-refractivity contribution in [1.82, 2.24) is 5.32 Å². The number of nitrogens with one attached hydrogen (secondary N) is 1. The summed E-state index contributed by atoms with van der Waals surface area (Å²) in [5.74, 6) is -0.151. The molecule has 0 saturated carbocycles. The molecule has 1 fully saturated rings. The van der Waals surface area contributed by atoms with Crippen LogP contribution in [0.15, 0.2) is 48.5 Å². The van der Waals surface area contributed by atoms with E-state index in [1.54, 1.807) is 29.2 Å². The minimum atomic E-state index is -0.188. The average molecular weight is 329 g/mol. The highest BCUT2D eigenvalue weighted by Crippen LogP contribution is 2.23. The van der Waals surface area contributed by atoms with E-state index in [0.717, 1.165) is 11.3 Å². The van der Waals surface area contributed by atoms with Crippen molar-refractivity contribution in [2.75, 3.05) is 11.4 Å². The van der Waals surface area contributed by atoms with E-state index in [2.05, 4.69) is 5.32 Å². The highest BCUT2D eigenvalue weighted by molar-refractivity contribution is 6.30. The first-order valence-corrected chi connectivity index (χ1v) is 7.84. The lowest BCUT2D eigenvalue weighted by atomic mass is 10.1. The van der Waals surface area contributed by atoms with Crippen LogP contribution in [0, 0.1) is 6.92 Å². The zero-order valence-corrected chi connectivity index (χ0v) is 13.5. The van der Waals surface area contributed by atoms with E-state index in [0.29, 0.717) is 23.6 Å². The van der Waals surface area contributed by atoms with Crippen molar-refractivity contribution in [3.05, 3.63) is 64.7 Å². The molecule has 1 N–H and O–H groups in total. The second-order valence-corrected chi connectivity index (χ2v) is 6.16. The molecule has 0 radical (unpaired) electrons. The zero-order chi connectivity index (χ0) is 16.4. The van der Waals surface area contributed by atoms with Crippen molar-refractivity contribution in [2.45, 2.75) is 19.4 Å². The summed E-state index contributed by atoms with van der Waals surface area (Å²) in [6.45, 7) is 2.44. The first-order chi connectivity index (χ1) is 11.0. The Balaban J connectivity index is 1.66. The summed E-state index contributed by atoms with van der Waals surface area (Å²) in [6.07, 6.45) is 0.306. The standard InChI is InChI=1S/C18H17ClN2O2/c1-12-2-4-13(5-3-12)18(23)20-15-10-17(22)21(11-15)16-8-6-14(19)7-9-16/h2-9,15H,10-11H2,1H3,(H,20,23)/t15-/m0/s1. The Kier molecular flexibility index (Phi) is 4.35. The number of anilines is 1. The quantitative estimate of drug-likeness (QED) is 0.940. The summed E-state index contributed by atoms with van der Waals surface area (Å²) in [5.41, 5.74) is 2.51. The Morgan fingerprint density at radius 2 is 1.78 bits per heavy atom. The lowest BCUT2D eigenvalue weighted by Crippen LogP contribution is -2.37. The minimum absolute atomic E-state index is 0.00142. The Labute approximate surface area is 140 Å². The van der Waals surface area contributed by atoms with E-state index < -0.39 is 0 Å². The van der Waals surface area contributed by atoms with Crippen LogP contribution < -0.4 is 10.2 Å². The van der Waals surface area contributed by atoms with Gasteiger partial charge in [0.05, 0.1) is 6.04 Å². The molecule has 0 aromatic heterocycles. The highest BCUT2D eigenvalue weighted by Gasteiger charge is 2.31. The van der Waals surface area contributed by atoms with Crippen LogP contribution in [0.4, 0.5) is 5.69 Å². The maximum Gasteiger partial charge on any atom is 0.251 e. The number of carbonyl (C=O) groups is 2. The van der Waals surface area contributed by atoms with Gasteiger partial charge in [0.2, 0.25) is 5.91 Å². The topological polar surface area (TPSA) is 49.4 Å². The van der Waals surface area contributed by atoms with Gasteiger partial charge in [0.25, 0.3) is 5.91 Å². The molecule has 1 atom stereocenters. The second-order valence-electron chi connectivity index (χ2n) is 5.72. The summed E-state index contributed by atoms with van der Waals surface area (Å²) >= 11 is 5.87. The largest absolute Gasteiger partial charge is 0.347 e. The van der Waals surface area contributed by atoms with E-state index in [1.165, 1.54) is 0 Å². The summed E-state index contributed by atoms with van der Waals surface area (Å²) < 4.78 is 0. The van der Waals surface area contributed by atoms with Gasteiger partial charge in [0.15, 0.2) is 0 Å². The Morgan fingerprint density at radius 1 is 1.13 bits per heavy atom. The Bertz CT molecular complexity index is 726. The monoisotopic (exact) mass is 328 g/mol. The summed E-state index contributed by atoms with van der Waals surface area (Å²) in [5, 5.41) is 3.56. The van der Waals surface area contributed by atoms with Crippen LogP contribution in [0.3, 0.4) is 0 Å². The van der Waals surface area contributed by atoms with Gasteiger partial charge in [0.1, 0.15) is 0 Å². The lowest BCUT2D eigenvalue weighted by molar-refractivity contribution is -0.117. The van der Waals surface area contributed by atoms with Gasteiger partial charge >= 0.3 is 0 Å². The average Bonchev–Trinajstić information content (AvgIpc) is 2.89. The number of carbonyl (C=O) groups excluding carboxylic acids is 2. The molecule has 1 aliphatic rings. The van der Waals surface area contributed by atoms with Crippen LogP contribution in [-0.2, 0) is 4.79 Å². The molecule has 3 rings (SSSR count). The van der Waals surface area contributed by atoms with Crippen LogP contribution in [0.25, 0.3) is 0 Å². The van der Waals surface area contributed by atoms with Crippen LogP contribution in [0.2, 0.25) is 5.02 Å². The Hall–Kier alpha value is -2.33. The summed E-state index contributed by atoms with van der Waals surface area (Å²) in [7, 11) is 0. The van der Waals surface area contributed by atoms with E-state index in [1.807, 2.05) is 31.2 Å². The van der Waals surface area contributed by atoms with Gasteiger partial charge in [-0.25, -0.2) is 0 Å². The molecule has 2 amide bonds. The molecule has 5 heteroatoms. The van der Waals surface area contributed by atoms with Crippen molar-refractivity contribution in [3.8, 4) is 0 Å².